The van der Waals surface area contributed by atoms with Crippen LogP contribution < -0.4 is 21.9 Å². The molecular formula is C16H38N4. The van der Waals surface area contributed by atoms with Gasteiger partial charge in [0, 0.05) is 13.1 Å². The van der Waals surface area contributed by atoms with Crippen LogP contribution in [0.5, 0.6) is 0 Å². The Hall–Kier alpha value is -0.160. The van der Waals surface area contributed by atoms with Gasteiger partial charge in [0.05, 0.1) is 0 Å². The number of nitrogens with one attached hydrogen (secondary N) is 4. The van der Waals surface area contributed by atoms with Crippen LogP contribution in [0.3, 0.4) is 0 Å². The van der Waals surface area contributed by atoms with Gasteiger partial charge in [-0.3, -0.25) is 0 Å². The van der Waals surface area contributed by atoms with Crippen LogP contribution in [-0.2, 0) is 0 Å². The summed E-state index contributed by atoms with van der Waals surface area (Å²) < 4.78 is 0. The Morgan fingerprint density at radius 2 is 0.950 bits per heavy atom. The molecule has 1 heterocycles. The molecule has 0 aromatic heterocycles. The molecule has 1 aliphatic heterocycles. The van der Waals surface area contributed by atoms with Gasteiger partial charge in [0.2, 0.25) is 0 Å². The summed E-state index contributed by atoms with van der Waals surface area (Å²) in [5.74, 6) is 0. The lowest BCUT2D eigenvalue weighted by molar-refractivity contribution is 0.354. The van der Waals surface area contributed by atoms with Crippen LogP contribution in [0.25, 0.3) is 0 Å². The monoisotopic (exact) mass is 286 g/mol. The van der Waals surface area contributed by atoms with E-state index < -0.39 is 0 Å². The maximum Gasteiger partial charge on any atom is 0.0113 e. The fourth-order valence-corrected chi connectivity index (χ4v) is 2.20. The molecule has 1 saturated heterocycles. The summed E-state index contributed by atoms with van der Waals surface area (Å²) >= 11 is 0. The lowest BCUT2D eigenvalue weighted by atomic mass is 10.1. The third kappa shape index (κ3) is 17.8. The minimum atomic E-state index is 1.04. The third-order valence-electron chi connectivity index (χ3n) is 3.55. The van der Waals surface area contributed by atoms with E-state index in [1.165, 1.54) is 77.0 Å². The van der Waals surface area contributed by atoms with Crippen molar-refractivity contribution >= 4 is 0 Å². The van der Waals surface area contributed by atoms with E-state index in [2.05, 4.69) is 35.8 Å². The highest BCUT2D eigenvalue weighted by Gasteiger charge is 1.93. The Morgan fingerprint density at radius 1 is 0.550 bits per heavy atom. The molecule has 0 atom stereocenters. The zero-order valence-electron chi connectivity index (χ0n) is 13.9. The van der Waals surface area contributed by atoms with Crippen LogP contribution >= 0.6 is 0 Å². The van der Waals surface area contributed by atoms with Gasteiger partial charge in [-0.1, -0.05) is 78.1 Å². The molecule has 0 saturated carbocycles. The molecule has 1 aliphatic rings. The van der Waals surface area contributed by atoms with E-state index in [1.807, 2.05) is 0 Å². The highest BCUT2D eigenvalue weighted by molar-refractivity contribution is 4.49. The van der Waals surface area contributed by atoms with Crippen molar-refractivity contribution in [3.8, 4) is 0 Å². The van der Waals surface area contributed by atoms with E-state index in [1.54, 1.807) is 0 Å². The van der Waals surface area contributed by atoms with E-state index in [0.717, 1.165) is 13.1 Å². The Bertz CT molecular complexity index is 116. The second-order valence-electron chi connectivity index (χ2n) is 5.64. The quantitative estimate of drug-likeness (QED) is 0.581. The highest BCUT2D eigenvalue weighted by Crippen LogP contribution is 2.04. The summed E-state index contributed by atoms with van der Waals surface area (Å²) in [7, 11) is 0. The molecular weight excluding hydrogens is 248 g/mol. The summed E-state index contributed by atoms with van der Waals surface area (Å²) in [5, 5.41) is 0. The maximum atomic E-state index is 3.08. The largest absolute Gasteiger partial charge is 0.243 e. The standard InChI is InChI=1S/C8H20N4.C8H18/c1-2-4-6-8-10-12-11-9-7-5-3-1;1-3-5-7-8-6-4-2/h9-12H,1-8H2;3-8H2,1-2H3. The number of hydrogen-bond acceptors (Lipinski definition) is 4. The number of unbranched alkanes of at least 4 members (excludes halogenated alkanes) is 5. The van der Waals surface area contributed by atoms with E-state index in [-0.39, 0.29) is 0 Å². The van der Waals surface area contributed by atoms with Gasteiger partial charge in [-0.15, -0.1) is 0 Å². The zero-order chi connectivity index (χ0) is 14.7. The van der Waals surface area contributed by atoms with E-state index in [0.29, 0.717) is 0 Å². The topological polar surface area (TPSA) is 48.1 Å². The summed E-state index contributed by atoms with van der Waals surface area (Å²) in [6.45, 7) is 6.58. The molecule has 0 amide bonds. The highest BCUT2D eigenvalue weighted by atomic mass is 15.7. The average molecular weight is 287 g/mol. The first kappa shape index (κ1) is 19.8. The van der Waals surface area contributed by atoms with Crippen molar-refractivity contribution in [3.05, 3.63) is 0 Å². The molecule has 0 aromatic carbocycles. The van der Waals surface area contributed by atoms with Gasteiger partial charge in [-0.05, 0) is 12.8 Å². The molecule has 0 bridgehead atoms. The summed E-state index contributed by atoms with van der Waals surface area (Å²) in [5.41, 5.74) is 11.9. The van der Waals surface area contributed by atoms with Gasteiger partial charge in [0.1, 0.15) is 0 Å². The number of hydrazine groups is 3. The molecule has 1 fully saturated rings. The third-order valence-corrected chi connectivity index (χ3v) is 3.55. The number of rotatable bonds is 5. The SMILES string of the molecule is C1CCCCNNNNCCC1.CCCCCCCC. The van der Waals surface area contributed by atoms with Crippen molar-refractivity contribution in [2.24, 2.45) is 0 Å². The molecule has 1 rings (SSSR count). The minimum Gasteiger partial charge on any atom is -0.243 e. The Morgan fingerprint density at radius 3 is 1.35 bits per heavy atom. The predicted molar refractivity (Wildman–Crippen MR) is 89.0 cm³/mol. The minimum absolute atomic E-state index is 1.04. The van der Waals surface area contributed by atoms with Gasteiger partial charge in [-0.25, -0.2) is 10.9 Å². The number of hydrogen-bond donors (Lipinski definition) is 4. The van der Waals surface area contributed by atoms with Crippen molar-refractivity contribution < 1.29 is 0 Å². The molecule has 0 radical (unpaired) electrons. The fourth-order valence-electron chi connectivity index (χ4n) is 2.20. The van der Waals surface area contributed by atoms with Crippen LogP contribution in [-0.4, -0.2) is 13.1 Å². The molecule has 0 aliphatic carbocycles. The molecule has 4 nitrogen and oxygen atoms in total. The van der Waals surface area contributed by atoms with Crippen LogP contribution in [0.2, 0.25) is 0 Å². The second kappa shape index (κ2) is 18.8. The summed E-state index contributed by atoms with van der Waals surface area (Å²) in [6, 6.07) is 0. The van der Waals surface area contributed by atoms with Crippen LogP contribution in [0, 0.1) is 0 Å². The van der Waals surface area contributed by atoms with Crippen LogP contribution in [0.4, 0.5) is 0 Å². The Labute approximate surface area is 126 Å². The molecule has 0 aromatic rings. The first-order valence-corrected chi connectivity index (χ1v) is 8.87. The van der Waals surface area contributed by atoms with Crippen molar-refractivity contribution in [1.82, 2.24) is 21.9 Å². The van der Waals surface area contributed by atoms with Crippen LogP contribution in [0.15, 0.2) is 0 Å². The van der Waals surface area contributed by atoms with E-state index in [9.17, 15) is 0 Å². The molecule has 4 N–H and O–H groups in total. The first-order chi connectivity index (χ1) is 9.91. The lowest BCUT2D eigenvalue weighted by Gasteiger charge is -2.11. The fraction of sp³-hybridized carbons (Fsp3) is 1.00. The maximum absolute atomic E-state index is 3.08. The molecule has 122 valence electrons. The van der Waals surface area contributed by atoms with Crippen molar-refractivity contribution in [2.45, 2.75) is 90.9 Å². The van der Waals surface area contributed by atoms with Crippen molar-refractivity contribution in [2.75, 3.05) is 13.1 Å². The Balaban J connectivity index is 0.000000396. The molecule has 0 spiro atoms. The van der Waals surface area contributed by atoms with Gasteiger partial charge in [0.25, 0.3) is 0 Å². The molecule has 0 unspecified atom stereocenters. The van der Waals surface area contributed by atoms with Gasteiger partial charge >= 0.3 is 0 Å². The zero-order valence-corrected chi connectivity index (χ0v) is 13.9. The van der Waals surface area contributed by atoms with Gasteiger partial charge < -0.3 is 0 Å². The van der Waals surface area contributed by atoms with E-state index >= 15 is 0 Å². The normalized spacial score (nSPS) is 18.3. The van der Waals surface area contributed by atoms with Gasteiger partial charge in [0.15, 0.2) is 0 Å². The first-order valence-electron chi connectivity index (χ1n) is 8.87. The van der Waals surface area contributed by atoms with E-state index in [4.69, 9.17) is 0 Å². The molecule has 4 heteroatoms. The average Bonchev–Trinajstić information content (AvgIpc) is 2.45. The van der Waals surface area contributed by atoms with Crippen LogP contribution in [0.1, 0.15) is 90.9 Å². The summed E-state index contributed by atoms with van der Waals surface area (Å²) in [6.07, 6.45) is 16.5. The second-order valence-corrected chi connectivity index (χ2v) is 5.64. The predicted octanol–water partition coefficient (Wildman–Crippen LogP) is 3.81. The smallest absolute Gasteiger partial charge is 0.0113 e. The van der Waals surface area contributed by atoms with Crippen molar-refractivity contribution in [3.63, 3.8) is 0 Å². The van der Waals surface area contributed by atoms with Gasteiger partial charge in [-0.2, -0.15) is 11.1 Å². The summed E-state index contributed by atoms with van der Waals surface area (Å²) in [4.78, 5) is 0. The Kier molecular flexibility index (Phi) is 18.7. The molecule has 20 heavy (non-hydrogen) atoms. The van der Waals surface area contributed by atoms with Crippen molar-refractivity contribution in [1.29, 1.82) is 0 Å². The lowest BCUT2D eigenvalue weighted by Crippen LogP contribution is -2.51.